The fourth-order valence-electron chi connectivity index (χ4n) is 2.61. The standard InChI is InChI=1S/C18H18F3N5/c1-10-16-14(7-12(9-22-16)26(2)3)18(25-24-10)23-8-11-5-4-6-13(15(11)19)17(20)21/h4-7,9,17H,8H2,1-3H3,(H,23,25). The van der Waals surface area contributed by atoms with Gasteiger partial charge in [-0.3, -0.25) is 4.98 Å². The Hall–Kier alpha value is -2.90. The van der Waals surface area contributed by atoms with Crippen LogP contribution in [0.15, 0.2) is 30.5 Å². The van der Waals surface area contributed by atoms with E-state index in [9.17, 15) is 13.2 Å². The summed E-state index contributed by atoms with van der Waals surface area (Å²) in [6, 6.07) is 5.85. The molecular formula is C18H18F3N5. The van der Waals surface area contributed by atoms with Crippen molar-refractivity contribution in [3.8, 4) is 0 Å². The number of hydrogen-bond donors (Lipinski definition) is 1. The smallest absolute Gasteiger partial charge is 0.266 e. The molecule has 0 saturated heterocycles. The van der Waals surface area contributed by atoms with Crippen molar-refractivity contribution in [3.05, 3.63) is 53.1 Å². The Labute approximate surface area is 148 Å². The third-order valence-corrected chi connectivity index (χ3v) is 4.08. The van der Waals surface area contributed by atoms with E-state index < -0.39 is 17.8 Å². The molecule has 8 heteroatoms. The number of aromatic nitrogens is 3. The van der Waals surface area contributed by atoms with E-state index in [1.807, 2.05) is 25.1 Å². The van der Waals surface area contributed by atoms with Crippen LogP contribution in [0.2, 0.25) is 0 Å². The van der Waals surface area contributed by atoms with E-state index in [0.717, 1.165) is 17.1 Å². The molecule has 0 unspecified atom stereocenters. The lowest BCUT2D eigenvalue weighted by Gasteiger charge is -2.15. The average Bonchev–Trinajstić information content (AvgIpc) is 2.61. The van der Waals surface area contributed by atoms with Gasteiger partial charge < -0.3 is 10.2 Å². The van der Waals surface area contributed by atoms with Crippen molar-refractivity contribution in [1.29, 1.82) is 0 Å². The minimum absolute atomic E-state index is 0.00538. The second-order valence-corrected chi connectivity index (χ2v) is 6.09. The molecule has 3 rings (SSSR count). The maximum Gasteiger partial charge on any atom is 0.266 e. The zero-order chi connectivity index (χ0) is 18.8. The summed E-state index contributed by atoms with van der Waals surface area (Å²) in [4.78, 5) is 6.32. The van der Waals surface area contributed by atoms with Crippen molar-refractivity contribution in [2.75, 3.05) is 24.3 Å². The second-order valence-electron chi connectivity index (χ2n) is 6.09. The van der Waals surface area contributed by atoms with Crippen LogP contribution in [-0.4, -0.2) is 29.3 Å². The molecule has 1 aromatic carbocycles. The first kappa shape index (κ1) is 17.9. The zero-order valence-corrected chi connectivity index (χ0v) is 14.6. The number of halogens is 3. The van der Waals surface area contributed by atoms with Crippen LogP contribution in [0.1, 0.15) is 23.2 Å². The lowest BCUT2D eigenvalue weighted by Crippen LogP contribution is -2.10. The van der Waals surface area contributed by atoms with Crippen molar-refractivity contribution in [1.82, 2.24) is 15.2 Å². The van der Waals surface area contributed by atoms with Gasteiger partial charge in [0.25, 0.3) is 6.43 Å². The van der Waals surface area contributed by atoms with Gasteiger partial charge in [0.15, 0.2) is 5.82 Å². The normalized spacial score (nSPS) is 11.2. The molecule has 0 aliphatic carbocycles. The van der Waals surface area contributed by atoms with Gasteiger partial charge in [0.05, 0.1) is 28.7 Å². The third kappa shape index (κ3) is 3.40. The van der Waals surface area contributed by atoms with Crippen molar-refractivity contribution < 1.29 is 13.2 Å². The van der Waals surface area contributed by atoms with Crippen LogP contribution >= 0.6 is 0 Å². The van der Waals surface area contributed by atoms with Crippen molar-refractivity contribution in [2.24, 2.45) is 0 Å². The molecule has 0 bridgehead atoms. The van der Waals surface area contributed by atoms with Gasteiger partial charge in [-0.1, -0.05) is 18.2 Å². The summed E-state index contributed by atoms with van der Waals surface area (Å²) in [6.45, 7) is 1.80. The van der Waals surface area contributed by atoms with Gasteiger partial charge in [0.1, 0.15) is 5.82 Å². The van der Waals surface area contributed by atoms with E-state index in [1.165, 1.54) is 12.1 Å². The lowest BCUT2D eigenvalue weighted by molar-refractivity contribution is 0.146. The van der Waals surface area contributed by atoms with Crippen LogP contribution in [0.5, 0.6) is 0 Å². The number of hydrogen-bond acceptors (Lipinski definition) is 5. The second kappa shape index (κ2) is 7.15. The van der Waals surface area contributed by atoms with Crippen molar-refractivity contribution in [2.45, 2.75) is 19.9 Å². The molecule has 3 aromatic rings. The monoisotopic (exact) mass is 361 g/mol. The van der Waals surface area contributed by atoms with E-state index in [4.69, 9.17) is 0 Å². The summed E-state index contributed by atoms with van der Waals surface area (Å²) < 4.78 is 39.9. The maximum atomic E-state index is 14.2. The number of benzene rings is 1. The zero-order valence-electron chi connectivity index (χ0n) is 14.6. The van der Waals surface area contributed by atoms with Gasteiger partial charge in [-0.15, -0.1) is 5.10 Å². The number of alkyl halides is 2. The molecule has 5 nitrogen and oxygen atoms in total. The fraction of sp³-hybridized carbons (Fsp3) is 0.278. The van der Waals surface area contributed by atoms with Crippen LogP contribution in [0.25, 0.3) is 10.9 Å². The fourth-order valence-corrected chi connectivity index (χ4v) is 2.61. The molecular weight excluding hydrogens is 343 g/mol. The summed E-state index contributed by atoms with van der Waals surface area (Å²) in [7, 11) is 3.78. The van der Waals surface area contributed by atoms with Crippen LogP contribution in [-0.2, 0) is 6.54 Å². The number of pyridine rings is 1. The Bertz CT molecular complexity index is 944. The first-order valence-corrected chi connectivity index (χ1v) is 7.98. The SMILES string of the molecule is Cc1nnc(NCc2cccc(C(F)F)c2F)c2cc(N(C)C)cnc12. The molecule has 0 saturated carbocycles. The first-order valence-electron chi connectivity index (χ1n) is 7.98. The van der Waals surface area contributed by atoms with Crippen LogP contribution in [0.3, 0.4) is 0 Å². The molecule has 2 heterocycles. The molecule has 26 heavy (non-hydrogen) atoms. The molecule has 0 spiro atoms. The van der Waals surface area contributed by atoms with Crippen LogP contribution in [0.4, 0.5) is 24.7 Å². The summed E-state index contributed by atoms with van der Waals surface area (Å²) in [5.41, 5.74) is 1.74. The van der Waals surface area contributed by atoms with Crippen molar-refractivity contribution in [3.63, 3.8) is 0 Å². The van der Waals surface area contributed by atoms with Crippen LogP contribution < -0.4 is 10.2 Å². The maximum absolute atomic E-state index is 14.2. The molecule has 0 fully saturated rings. The van der Waals surface area contributed by atoms with E-state index in [-0.39, 0.29) is 12.1 Å². The number of anilines is 2. The molecule has 0 radical (unpaired) electrons. The summed E-state index contributed by atoms with van der Waals surface area (Å²) in [5, 5.41) is 11.9. The number of rotatable bonds is 5. The summed E-state index contributed by atoms with van der Waals surface area (Å²) in [5.74, 6) is -0.491. The average molecular weight is 361 g/mol. The predicted octanol–water partition coefficient (Wildman–Crippen LogP) is 4.09. The molecule has 0 aliphatic heterocycles. The van der Waals surface area contributed by atoms with Gasteiger partial charge in [0, 0.05) is 31.6 Å². The molecule has 2 aromatic heterocycles. The highest BCUT2D eigenvalue weighted by Gasteiger charge is 2.16. The quantitative estimate of drug-likeness (QED) is 0.742. The predicted molar refractivity (Wildman–Crippen MR) is 95.1 cm³/mol. The molecule has 0 amide bonds. The van der Waals surface area contributed by atoms with E-state index in [1.54, 1.807) is 13.1 Å². The molecule has 0 atom stereocenters. The van der Waals surface area contributed by atoms with Gasteiger partial charge in [0.2, 0.25) is 0 Å². The van der Waals surface area contributed by atoms with E-state index in [2.05, 4.69) is 20.5 Å². The Morgan fingerprint density at radius 2 is 1.96 bits per heavy atom. The number of nitrogens with zero attached hydrogens (tertiary/aromatic N) is 4. The number of aryl methyl sites for hydroxylation is 1. The van der Waals surface area contributed by atoms with Gasteiger partial charge in [-0.05, 0) is 13.0 Å². The van der Waals surface area contributed by atoms with Gasteiger partial charge in [-0.2, -0.15) is 5.10 Å². The number of nitrogens with one attached hydrogen (secondary N) is 1. The minimum Gasteiger partial charge on any atom is -0.376 e. The van der Waals surface area contributed by atoms with Gasteiger partial charge in [-0.25, -0.2) is 13.2 Å². The van der Waals surface area contributed by atoms with Crippen LogP contribution in [0, 0.1) is 12.7 Å². The van der Waals surface area contributed by atoms with E-state index in [0.29, 0.717) is 17.0 Å². The Balaban J connectivity index is 1.96. The van der Waals surface area contributed by atoms with Gasteiger partial charge >= 0.3 is 0 Å². The minimum atomic E-state index is -2.86. The Kier molecular flexibility index (Phi) is 4.92. The summed E-state index contributed by atoms with van der Waals surface area (Å²) in [6.07, 6.45) is -1.13. The lowest BCUT2D eigenvalue weighted by atomic mass is 10.1. The largest absolute Gasteiger partial charge is 0.376 e. The highest BCUT2D eigenvalue weighted by molar-refractivity contribution is 5.92. The number of fused-ring (bicyclic) bond motifs is 1. The highest BCUT2D eigenvalue weighted by atomic mass is 19.3. The highest BCUT2D eigenvalue weighted by Crippen LogP contribution is 2.27. The van der Waals surface area contributed by atoms with E-state index >= 15 is 0 Å². The third-order valence-electron chi connectivity index (χ3n) is 4.08. The Morgan fingerprint density at radius 3 is 2.65 bits per heavy atom. The topological polar surface area (TPSA) is 53.9 Å². The Morgan fingerprint density at radius 1 is 1.19 bits per heavy atom. The summed E-state index contributed by atoms with van der Waals surface area (Å²) >= 11 is 0. The molecule has 1 N–H and O–H groups in total. The molecule has 136 valence electrons. The van der Waals surface area contributed by atoms with Crippen molar-refractivity contribution >= 4 is 22.4 Å². The molecule has 0 aliphatic rings. The first-order chi connectivity index (χ1) is 12.4.